The third kappa shape index (κ3) is 20.8. The quantitative estimate of drug-likeness (QED) is 0.0912. The summed E-state index contributed by atoms with van der Waals surface area (Å²) in [5.74, 6) is 0.293. The van der Waals surface area contributed by atoms with E-state index in [-0.39, 0.29) is 11.9 Å². The van der Waals surface area contributed by atoms with Crippen molar-refractivity contribution >= 4 is 5.97 Å². The number of esters is 1. The lowest BCUT2D eigenvalue weighted by molar-refractivity contribution is -0.148. The molecule has 0 bridgehead atoms. The Morgan fingerprint density at radius 3 is 1.12 bits per heavy atom. The van der Waals surface area contributed by atoms with Crippen LogP contribution in [0.1, 0.15) is 187 Å². The summed E-state index contributed by atoms with van der Waals surface area (Å²) in [5, 5.41) is 0. The lowest BCUT2D eigenvalue weighted by atomic mass is 10.0. The van der Waals surface area contributed by atoms with E-state index in [0.717, 1.165) is 19.3 Å². The van der Waals surface area contributed by atoms with Crippen molar-refractivity contribution < 1.29 is 9.53 Å². The van der Waals surface area contributed by atoms with E-state index in [1.165, 1.54) is 161 Å². The summed E-state index contributed by atoms with van der Waals surface area (Å²) in [6.07, 6.45) is 38.5. The van der Waals surface area contributed by atoms with Gasteiger partial charge in [0, 0.05) is 0 Å². The normalized spacial score (nSPS) is 14.1. The van der Waals surface area contributed by atoms with E-state index in [9.17, 15) is 4.79 Å². The van der Waals surface area contributed by atoms with E-state index >= 15 is 0 Å². The molecule has 2 nitrogen and oxygen atoms in total. The Balaban J connectivity index is 1.64. The molecule has 1 rings (SSSR count). The number of hydrogen-bond acceptors (Lipinski definition) is 2. The van der Waals surface area contributed by atoms with Gasteiger partial charge in [0.05, 0.1) is 12.5 Å². The maximum absolute atomic E-state index is 11.9. The zero-order valence-corrected chi connectivity index (χ0v) is 23.4. The zero-order chi connectivity index (χ0) is 24.4. The summed E-state index contributed by atoms with van der Waals surface area (Å²) in [4.78, 5) is 11.9. The molecule has 0 aromatic carbocycles. The molecule has 0 aromatic heterocycles. The van der Waals surface area contributed by atoms with E-state index in [4.69, 9.17) is 4.74 Å². The summed E-state index contributed by atoms with van der Waals surface area (Å²) in [6.45, 7) is 2.95. The van der Waals surface area contributed by atoms with E-state index in [2.05, 4.69) is 6.92 Å². The van der Waals surface area contributed by atoms with E-state index < -0.39 is 0 Å². The van der Waals surface area contributed by atoms with Crippen LogP contribution in [-0.4, -0.2) is 12.6 Å². The van der Waals surface area contributed by atoms with Crippen molar-refractivity contribution in [3.63, 3.8) is 0 Å². The summed E-state index contributed by atoms with van der Waals surface area (Å²) < 4.78 is 5.44. The number of hydrogen-bond donors (Lipinski definition) is 0. The van der Waals surface area contributed by atoms with Gasteiger partial charge in [-0.25, -0.2) is 0 Å². The Labute approximate surface area is 214 Å². The standard InChI is InChI=1S/C32H62O2/c1-2-3-4-5-6-7-8-9-10-11-12-13-14-15-16-17-18-19-20-21-22-23-24-27-30-34-32(33)31-28-25-26-29-31/h31H,2-30H2,1H3. The van der Waals surface area contributed by atoms with Crippen molar-refractivity contribution in [2.24, 2.45) is 5.92 Å². The lowest BCUT2D eigenvalue weighted by Crippen LogP contribution is -2.15. The van der Waals surface area contributed by atoms with Gasteiger partial charge in [-0.2, -0.15) is 0 Å². The molecule has 34 heavy (non-hydrogen) atoms. The maximum atomic E-state index is 11.9. The van der Waals surface area contributed by atoms with Gasteiger partial charge in [0.25, 0.3) is 0 Å². The van der Waals surface area contributed by atoms with Crippen molar-refractivity contribution in [2.75, 3.05) is 6.61 Å². The van der Waals surface area contributed by atoms with Gasteiger partial charge in [-0.05, 0) is 19.3 Å². The molecule has 1 saturated carbocycles. The molecule has 1 aliphatic rings. The highest BCUT2D eigenvalue weighted by atomic mass is 16.5. The Morgan fingerprint density at radius 2 is 0.794 bits per heavy atom. The minimum Gasteiger partial charge on any atom is -0.465 e. The fourth-order valence-electron chi connectivity index (χ4n) is 5.52. The summed E-state index contributed by atoms with van der Waals surface area (Å²) in [7, 11) is 0. The van der Waals surface area contributed by atoms with Crippen molar-refractivity contribution in [1.82, 2.24) is 0 Å². The number of unbranched alkanes of at least 4 members (excludes halogenated alkanes) is 23. The second-order valence-corrected chi connectivity index (χ2v) is 11.3. The molecule has 202 valence electrons. The molecule has 0 aliphatic heterocycles. The van der Waals surface area contributed by atoms with E-state index in [1.54, 1.807) is 0 Å². The van der Waals surface area contributed by atoms with Crippen LogP contribution >= 0.6 is 0 Å². The number of ether oxygens (including phenoxy) is 1. The Kier molecular flexibility index (Phi) is 23.7. The molecular formula is C32H62O2. The van der Waals surface area contributed by atoms with Gasteiger partial charge in [0.1, 0.15) is 0 Å². The van der Waals surface area contributed by atoms with Crippen LogP contribution in [0.25, 0.3) is 0 Å². The Bertz CT molecular complexity index is 413. The van der Waals surface area contributed by atoms with E-state index in [1.807, 2.05) is 0 Å². The van der Waals surface area contributed by atoms with Gasteiger partial charge in [-0.15, -0.1) is 0 Å². The second-order valence-electron chi connectivity index (χ2n) is 11.3. The first kappa shape index (κ1) is 31.5. The molecule has 0 saturated heterocycles. The average molecular weight is 479 g/mol. The van der Waals surface area contributed by atoms with Crippen LogP contribution in [-0.2, 0) is 9.53 Å². The monoisotopic (exact) mass is 478 g/mol. The molecule has 1 fully saturated rings. The highest BCUT2D eigenvalue weighted by Gasteiger charge is 2.23. The molecule has 2 heteroatoms. The van der Waals surface area contributed by atoms with Crippen molar-refractivity contribution in [3.05, 3.63) is 0 Å². The van der Waals surface area contributed by atoms with Gasteiger partial charge in [-0.1, -0.05) is 167 Å². The second kappa shape index (κ2) is 25.6. The number of carbonyl (C=O) groups is 1. The van der Waals surface area contributed by atoms with Crippen LogP contribution < -0.4 is 0 Å². The van der Waals surface area contributed by atoms with Crippen LogP contribution in [0.5, 0.6) is 0 Å². The van der Waals surface area contributed by atoms with Crippen LogP contribution in [0.4, 0.5) is 0 Å². The van der Waals surface area contributed by atoms with Crippen LogP contribution in [0.2, 0.25) is 0 Å². The predicted octanol–water partition coefficient (Wildman–Crippen LogP) is 11.1. The van der Waals surface area contributed by atoms with Gasteiger partial charge in [0.2, 0.25) is 0 Å². The largest absolute Gasteiger partial charge is 0.465 e. The molecule has 0 N–H and O–H groups in total. The fourth-order valence-corrected chi connectivity index (χ4v) is 5.52. The third-order valence-electron chi connectivity index (χ3n) is 7.93. The Hall–Kier alpha value is -0.530. The Morgan fingerprint density at radius 1 is 0.500 bits per heavy atom. The van der Waals surface area contributed by atoms with Crippen LogP contribution in [0.15, 0.2) is 0 Å². The smallest absolute Gasteiger partial charge is 0.308 e. The third-order valence-corrected chi connectivity index (χ3v) is 7.93. The molecule has 0 unspecified atom stereocenters. The van der Waals surface area contributed by atoms with Crippen molar-refractivity contribution in [2.45, 2.75) is 187 Å². The summed E-state index contributed by atoms with van der Waals surface area (Å²) in [6, 6.07) is 0. The van der Waals surface area contributed by atoms with Gasteiger partial charge in [0.15, 0.2) is 0 Å². The molecule has 0 amide bonds. The van der Waals surface area contributed by atoms with Gasteiger partial charge in [-0.3, -0.25) is 4.79 Å². The number of rotatable bonds is 26. The molecule has 0 heterocycles. The molecule has 1 aliphatic carbocycles. The van der Waals surface area contributed by atoms with Crippen molar-refractivity contribution in [1.29, 1.82) is 0 Å². The maximum Gasteiger partial charge on any atom is 0.308 e. The zero-order valence-electron chi connectivity index (χ0n) is 23.4. The molecule has 0 atom stereocenters. The highest BCUT2D eigenvalue weighted by Crippen LogP contribution is 2.25. The highest BCUT2D eigenvalue weighted by molar-refractivity contribution is 5.72. The van der Waals surface area contributed by atoms with E-state index in [0.29, 0.717) is 6.61 Å². The van der Waals surface area contributed by atoms with Gasteiger partial charge < -0.3 is 4.74 Å². The first-order valence-electron chi connectivity index (χ1n) is 16.0. The first-order chi connectivity index (χ1) is 16.8. The summed E-state index contributed by atoms with van der Waals surface area (Å²) >= 11 is 0. The van der Waals surface area contributed by atoms with Gasteiger partial charge >= 0.3 is 5.97 Å². The predicted molar refractivity (Wildman–Crippen MR) is 149 cm³/mol. The minimum absolute atomic E-state index is 0.0755. The summed E-state index contributed by atoms with van der Waals surface area (Å²) in [5.41, 5.74) is 0. The minimum atomic E-state index is 0.0755. The molecule has 0 radical (unpaired) electrons. The lowest BCUT2D eigenvalue weighted by Gasteiger charge is -2.09. The fraction of sp³-hybridized carbons (Fsp3) is 0.969. The average Bonchev–Trinajstić information content (AvgIpc) is 3.39. The topological polar surface area (TPSA) is 26.3 Å². The van der Waals surface area contributed by atoms with Crippen molar-refractivity contribution in [3.8, 4) is 0 Å². The molecule has 0 aromatic rings. The van der Waals surface area contributed by atoms with Crippen LogP contribution in [0.3, 0.4) is 0 Å². The molecular weight excluding hydrogens is 416 g/mol. The first-order valence-corrected chi connectivity index (χ1v) is 16.0. The SMILES string of the molecule is CCCCCCCCCCCCCCCCCCCCCCCCCCOC(=O)C1CCCC1. The molecule has 0 spiro atoms. The number of carbonyl (C=O) groups excluding carboxylic acids is 1. The van der Waals surface area contributed by atoms with Crippen LogP contribution in [0, 0.1) is 5.92 Å².